The maximum atomic E-state index is 10.3. The van der Waals surface area contributed by atoms with Crippen molar-refractivity contribution in [3.63, 3.8) is 0 Å². The van der Waals surface area contributed by atoms with Crippen LogP contribution in [0.25, 0.3) is 0 Å². The van der Waals surface area contributed by atoms with Crippen molar-refractivity contribution in [2.24, 2.45) is 0 Å². The van der Waals surface area contributed by atoms with Gasteiger partial charge in [-0.3, -0.25) is 4.90 Å². The van der Waals surface area contributed by atoms with Gasteiger partial charge in [-0.2, -0.15) is 0 Å². The van der Waals surface area contributed by atoms with Gasteiger partial charge >= 0.3 is 6.09 Å². The third-order valence-corrected chi connectivity index (χ3v) is 3.32. The molecule has 0 spiro atoms. The van der Waals surface area contributed by atoms with Crippen molar-refractivity contribution in [2.75, 3.05) is 19.6 Å². The fourth-order valence-electron chi connectivity index (χ4n) is 2.32. The summed E-state index contributed by atoms with van der Waals surface area (Å²) in [6.07, 6.45) is 2.43. The lowest BCUT2D eigenvalue weighted by atomic mass is 10.1. The fourth-order valence-corrected chi connectivity index (χ4v) is 2.32. The van der Waals surface area contributed by atoms with E-state index in [1.165, 1.54) is 37.1 Å². The highest BCUT2D eigenvalue weighted by Crippen LogP contribution is 2.13. The first kappa shape index (κ1) is 12.9. The lowest BCUT2D eigenvalue weighted by Crippen LogP contribution is -2.23. The number of nitrogens with zero attached hydrogens (tertiary/aromatic N) is 1. The van der Waals surface area contributed by atoms with Gasteiger partial charge in [0.15, 0.2) is 0 Å². The van der Waals surface area contributed by atoms with Crippen LogP contribution >= 0.6 is 0 Å². The maximum Gasteiger partial charge on any atom is 0.404 e. The molecule has 98 valence electrons. The summed E-state index contributed by atoms with van der Waals surface area (Å²) < 4.78 is 0. The predicted octanol–water partition coefficient (Wildman–Crippen LogP) is 2.09. The molecule has 0 bridgehead atoms. The standard InChI is InChI=1S/C14H20N2O2/c17-14(18)15-8-7-12-3-5-13(6-4-12)11-16-9-1-2-10-16/h3-6,15H,1-2,7-11H2,(H,17,18). The summed E-state index contributed by atoms with van der Waals surface area (Å²) in [7, 11) is 0. The van der Waals surface area contributed by atoms with Crippen LogP contribution in [0.5, 0.6) is 0 Å². The summed E-state index contributed by atoms with van der Waals surface area (Å²) in [5, 5.41) is 10.9. The molecule has 1 amide bonds. The quantitative estimate of drug-likeness (QED) is 0.839. The van der Waals surface area contributed by atoms with Crippen molar-refractivity contribution < 1.29 is 9.90 Å². The van der Waals surface area contributed by atoms with E-state index in [1.54, 1.807) is 0 Å². The largest absolute Gasteiger partial charge is 0.465 e. The van der Waals surface area contributed by atoms with Gasteiger partial charge in [-0.05, 0) is 43.5 Å². The number of nitrogens with one attached hydrogen (secondary N) is 1. The minimum Gasteiger partial charge on any atom is -0.465 e. The Morgan fingerprint density at radius 2 is 1.78 bits per heavy atom. The topological polar surface area (TPSA) is 52.6 Å². The molecule has 0 unspecified atom stereocenters. The molecular formula is C14H20N2O2. The van der Waals surface area contributed by atoms with Crippen molar-refractivity contribution in [3.05, 3.63) is 35.4 Å². The van der Waals surface area contributed by atoms with E-state index in [9.17, 15) is 4.79 Å². The number of hydrogen-bond donors (Lipinski definition) is 2. The SMILES string of the molecule is O=C(O)NCCc1ccc(CN2CCCC2)cc1. The zero-order valence-corrected chi connectivity index (χ0v) is 10.6. The Balaban J connectivity index is 1.79. The van der Waals surface area contributed by atoms with Gasteiger partial charge in [0.25, 0.3) is 0 Å². The van der Waals surface area contributed by atoms with Gasteiger partial charge in [-0.1, -0.05) is 24.3 Å². The number of hydrogen-bond acceptors (Lipinski definition) is 2. The van der Waals surface area contributed by atoms with Crippen LogP contribution in [0.2, 0.25) is 0 Å². The van der Waals surface area contributed by atoms with Crippen LogP contribution in [-0.4, -0.2) is 35.7 Å². The summed E-state index contributed by atoms with van der Waals surface area (Å²) in [5.41, 5.74) is 2.51. The molecule has 4 heteroatoms. The minimum atomic E-state index is -0.958. The second-order valence-corrected chi connectivity index (χ2v) is 4.78. The molecule has 0 saturated carbocycles. The van der Waals surface area contributed by atoms with Gasteiger partial charge in [-0.25, -0.2) is 4.79 Å². The summed E-state index contributed by atoms with van der Waals surface area (Å²) in [6.45, 7) is 3.93. The van der Waals surface area contributed by atoms with E-state index in [0.29, 0.717) is 6.54 Å². The van der Waals surface area contributed by atoms with E-state index in [-0.39, 0.29) is 0 Å². The van der Waals surface area contributed by atoms with Crippen LogP contribution in [0, 0.1) is 0 Å². The van der Waals surface area contributed by atoms with Crippen molar-refractivity contribution in [1.29, 1.82) is 0 Å². The first-order chi connectivity index (χ1) is 8.74. The van der Waals surface area contributed by atoms with E-state index >= 15 is 0 Å². The Bertz CT molecular complexity index is 383. The molecule has 4 nitrogen and oxygen atoms in total. The van der Waals surface area contributed by atoms with Crippen molar-refractivity contribution >= 4 is 6.09 Å². The molecule has 0 atom stereocenters. The van der Waals surface area contributed by atoms with Crippen LogP contribution in [0.4, 0.5) is 4.79 Å². The van der Waals surface area contributed by atoms with E-state index < -0.39 is 6.09 Å². The lowest BCUT2D eigenvalue weighted by Gasteiger charge is -2.14. The molecule has 1 aromatic rings. The highest BCUT2D eigenvalue weighted by molar-refractivity contribution is 5.64. The Morgan fingerprint density at radius 3 is 2.39 bits per heavy atom. The third kappa shape index (κ3) is 4.04. The average molecular weight is 248 g/mol. The fraction of sp³-hybridized carbons (Fsp3) is 0.500. The molecule has 1 saturated heterocycles. The molecule has 1 aliphatic heterocycles. The second kappa shape index (κ2) is 6.40. The zero-order valence-electron chi connectivity index (χ0n) is 10.6. The van der Waals surface area contributed by atoms with Crippen LogP contribution in [0.3, 0.4) is 0 Å². The van der Waals surface area contributed by atoms with Crippen molar-refractivity contribution in [1.82, 2.24) is 10.2 Å². The molecule has 1 aliphatic rings. The van der Waals surface area contributed by atoms with Crippen LogP contribution < -0.4 is 5.32 Å². The monoisotopic (exact) mass is 248 g/mol. The average Bonchev–Trinajstić information content (AvgIpc) is 2.84. The third-order valence-electron chi connectivity index (χ3n) is 3.32. The predicted molar refractivity (Wildman–Crippen MR) is 70.7 cm³/mol. The first-order valence-corrected chi connectivity index (χ1v) is 6.51. The maximum absolute atomic E-state index is 10.3. The Labute approximate surface area is 108 Å². The van der Waals surface area contributed by atoms with E-state index in [1.807, 2.05) is 0 Å². The van der Waals surface area contributed by atoms with Crippen LogP contribution in [0.1, 0.15) is 24.0 Å². The molecule has 1 heterocycles. The van der Waals surface area contributed by atoms with Gasteiger partial charge in [0, 0.05) is 13.1 Å². The number of carboxylic acid groups (broad SMARTS) is 1. The van der Waals surface area contributed by atoms with Gasteiger partial charge in [0.1, 0.15) is 0 Å². The molecule has 1 fully saturated rings. The lowest BCUT2D eigenvalue weighted by molar-refractivity contribution is 0.194. The van der Waals surface area contributed by atoms with Gasteiger partial charge in [0.05, 0.1) is 0 Å². The minimum absolute atomic E-state index is 0.473. The highest BCUT2D eigenvalue weighted by Gasteiger charge is 2.11. The Hall–Kier alpha value is -1.55. The van der Waals surface area contributed by atoms with E-state index in [4.69, 9.17) is 5.11 Å². The molecule has 0 radical (unpaired) electrons. The van der Waals surface area contributed by atoms with Crippen LogP contribution in [0.15, 0.2) is 24.3 Å². The van der Waals surface area contributed by atoms with Gasteiger partial charge < -0.3 is 10.4 Å². The number of amides is 1. The number of likely N-dealkylation sites (tertiary alicyclic amines) is 1. The number of rotatable bonds is 5. The highest BCUT2D eigenvalue weighted by atomic mass is 16.4. The number of carbonyl (C=O) groups is 1. The Morgan fingerprint density at radius 1 is 1.17 bits per heavy atom. The summed E-state index contributed by atoms with van der Waals surface area (Å²) in [4.78, 5) is 12.8. The summed E-state index contributed by atoms with van der Waals surface area (Å²) >= 11 is 0. The van der Waals surface area contributed by atoms with Gasteiger partial charge in [0.2, 0.25) is 0 Å². The molecule has 1 aromatic carbocycles. The molecule has 0 aromatic heterocycles. The van der Waals surface area contributed by atoms with Crippen molar-refractivity contribution in [3.8, 4) is 0 Å². The molecule has 18 heavy (non-hydrogen) atoms. The molecular weight excluding hydrogens is 228 g/mol. The number of benzene rings is 1. The van der Waals surface area contributed by atoms with E-state index in [0.717, 1.165) is 13.0 Å². The van der Waals surface area contributed by atoms with Crippen molar-refractivity contribution in [2.45, 2.75) is 25.8 Å². The Kier molecular flexibility index (Phi) is 4.59. The smallest absolute Gasteiger partial charge is 0.404 e. The normalized spacial score (nSPS) is 15.8. The zero-order chi connectivity index (χ0) is 12.8. The molecule has 2 rings (SSSR count). The molecule has 2 N–H and O–H groups in total. The second-order valence-electron chi connectivity index (χ2n) is 4.78. The van der Waals surface area contributed by atoms with Crippen LogP contribution in [-0.2, 0) is 13.0 Å². The van der Waals surface area contributed by atoms with E-state index in [2.05, 4.69) is 34.5 Å². The summed E-state index contributed by atoms with van der Waals surface area (Å²) in [6, 6.07) is 8.48. The first-order valence-electron chi connectivity index (χ1n) is 6.51. The van der Waals surface area contributed by atoms with Gasteiger partial charge in [-0.15, -0.1) is 0 Å². The molecule has 0 aliphatic carbocycles. The summed E-state index contributed by atoms with van der Waals surface area (Å²) in [5.74, 6) is 0.